The molecule has 1 aromatic heterocycles. The van der Waals surface area contributed by atoms with Gasteiger partial charge in [-0.15, -0.1) is 0 Å². The lowest BCUT2D eigenvalue weighted by Crippen LogP contribution is -2.33. The van der Waals surface area contributed by atoms with Crippen molar-refractivity contribution >= 4 is 5.91 Å². The van der Waals surface area contributed by atoms with Crippen molar-refractivity contribution in [2.24, 2.45) is 0 Å². The molecular weight excluding hydrogens is 344 g/mol. The summed E-state index contributed by atoms with van der Waals surface area (Å²) in [6, 6.07) is 6.12. The second-order valence-electron chi connectivity index (χ2n) is 6.79. The van der Waals surface area contributed by atoms with E-state index in [1.165, 1.54) is 6.07 Å². The van der Waals surface area contributed by atoms with E-state index in [0.29, 0.717) is 17.1 Å². The molecule has 0 radical (unpaired) electrons. The number of aromatic amines is 1. The highest BCUT2D eigenvalue weighted by Crippen LogP contribution is 2.20. The van der Waals surface area contributed by atoms with Crippen LogP contribution in [-0.4, -0.2) is 22.5 Å². The van der Waals surface area contributed by atoms with Crippen molar-refractivity contribution in [1.82, 2.24) is 15.3 Å². The van der Waals surface area contributed by atoms with Gasteiger partial charge in [0.2, 0.25) is 0 Å². The number of aryl methyl sites for hydroxylation is 1. The van der Waals surface area contributed by atoms with E-state index >= 15 is 0 Å². The van der Waals surface area contributed by atoms with Crippen LogP contribution in [0, 0.1) is 6.92 Å². The summed E-state index contributed by atoms with van der Waals surface area (Å²) in [6.07, 6.45) is 0. The monoisotopic (exact) mass is 365 g/mol. The van der Waals surface area contributed by atoms with Gasteiger partial charge in [0, 0.05) is 17.5 Å². The average Bonchev–Trinajstić information content (AvgIpc) is 2.52. The van der Waals surface area contributed by atoms with Gasteiger partial charge in [0.1, 0.15) is 17.1 Å². The fourth-order valence-corrected chi connectivity index (χ4v) is 2.33. The Balaban J connectivity index is 2.21. The maximum atomic E-state index is 12.4. The van der Waals surface area contributed by atoms with Gasteiger partial charge in [-0.05, 0) is 13.0 Å². The zero-order valence-electron chi connectivity index (χ0n) is 15.0. The third kappa shape index (κ3) is 4.65. The molecular formula is C18H21F2N3O3. The summed E-state index contributed by atoms with van der Waals surface area (Å²) in [6.45, 7) is 4.22. The number of ether oxygens (including phenoxy) is 1. The lowest BCUT2D eigenvalue weighted by Gasteiger charge is -2.18. The second kappa shape index (κ2) is 7.63. The SMILES string of the molecule is Cc1nc(C(C)(C)C)[nH]c(=O)c1C(=O)NCc1ccccc1OC(F)F. The Hall–Kier alpha value is -2.77. The number of carbonyl (C=O) groups excluding carboxylic acids is 1. The predicted octanol–water partition coefficient (Wildman–Crippen LogP) is 2.91. The largest absolute Gasteiger partial charge is 0.434 e. The molecule has 26 heavy (non-hydrogen) atoms. The first-order chi connectivity index (χ1) is 12.1. The van der Waals surface area contributed by atoms with Crippen LogP contribution in [0.3, 0.4) is 0 Å². The van der Waals surface area contributed by atoms with Crippen molar-refractivity contribution in [3.63, 3.8) is 0 Å². The summed E-state index contributed by atoms with van der Waals surface area (Å²) in [5.41, 5.74) is -0.352. The van der Waals surface area contributed by atoms with E-state index in [0.717, 1.165) is 0 Å². The number of nitrogens with one attached hydrogen (secondary N) is 2. The fourth-order valence-electron chi connectivity index (χ4n) is 2.33. The van der Waals surface area contributed by atoms with Gasteiger partial charge in [0.25, 0.3) is 11.5 Å². The van der Waals surface area contributed by atoms with Gasteiger partial charge in [0.05, 0.1) is 5.69 Å². The molecule has 1 amide bonds. The van der Waals surface area contributed by atoms with Gasteiger partial charge < -0.3 is 15.0 Å². The number of nitrogens with zero attached hydrogens (tertiary/aromatic N) is 1. The van der Waals surface area contributed by atoms with Gasteiger partial charge in [-0.25, -0.2) is 4.98 Å². The third-order valence-electron chi connectivity index (χ3n) is 3.67. The standard InChI is InChI=1S/C18H21F2N3O3/c1-10-13(15(25)23-16(22-10)18(2,3)4)14(24)21-9-11-7-5-6-8-12(11)26-17(19)20/h5-8,17H,9H2,1-4H3,(H,21,24)(H,22,23,25). The molecule has 1 aromatic carbocycles. The Morgan fingerprint density at radius 1 is 1.31 bits per heavy atom. The van der Waals surface area contributed by atoms with E-state index in [1.807, 2.05) is 20.8 Å². The molecule has 2 rings (SSSR count). The van der Waals surface area contributed by atoms with Crippen LogP contribution in [0.2, 0.25) is 0 Å². The molecule has 6 nitrogen and oxygen atoms in total. The number of para-hydroxylation sites is 1. The molecule has 0 atom stereocenters. The number of hydrogen-bond donors (Lipinski definition) is 2. The number of rotatable bonds is 5. The number of alkyl halides is 2. The first-order valence-corrected chi connectivity index (χ1v) is 8.02. The van der Waals surface area contributed by atoms with Crippen molar-refractivity contribution in [3.05, 3.63) is 57.3 Å². The van der Waals surface area contributed by atoms with Gasteiger partial charge in [-0.3, -0.25) is 9.59 Å². The topological polar surface area (TPSA) is 84.1 Å². The van der Waals surface area contributed by atoms with Crippen LogP contribution in [0.25, 0.3) is 0 Å². The molecule has 0 saturated carbocycles. The van der Waals surface area contributed by atoms with Crippen LogP contribution < -0.4 is 15.6 Å². The van der Waals surface area contributed by atoms with Crippen LogP contribution in [0.5, 0.6) is 5.75 Å². The van der Waals surface area contributed by atoms with E-state index in [9.17, 15) is 18.4 Å². The van der Waals surface area contributed by atoms with Crippen LogP contribution in [0.4, 0.5) is 8.78 Å². The minimum absolute atomic E-state index is 0.0327. The normalized spacial score (nSPS) is 11.5. The molecule has 0 unspecified atom stereocenters. The molecule has 140 valence electrons. The van der Waals surface area contributed by atoms with Crippen LogP contribution >= 0.6 is 0 Å². The molecule has 2 aromatic rings. The maximum Gasteiger partial charge on any atom is 0.387 e. The summed E-state index contributed by atoms with van der Waals surface area (Å²) in [4.78, 5) is 31.6. The first-order valence-electron chi connectivity index (χ1n) is 8.02. The van der Waals surface area contributed by atoms with Crippen LogP contribution in [0.1, 0.15) is 48.2 Å². The van der Waals surface area contributed by atoms with Crippen molar-refractivity contribution < 1.29 is 18.3 Å². The minimum atomic E-state index is -2.97. The number of benzene rings is 1. The maximum absolute atomic E-state index is 12.4. The lowest BCUT2D eigenvalue weighted by molar-refractivity contribution is -0.0504. The van der Waals surface area contributed by atoms with Gasteiger partial charge in [0.15, 0.2) is 0 Å². The van der Waals surface area contributed by atoms with E-state index in [1.54, 1.807) is 25.1 Å². The highest BCUT2D eigenvalue weighted by Gasteiger charge is 2.22. The van der Waals surface area contributed by atoms with Crippen molar-refractivity contribution in [1.29, 1.82) is 0 Å². The summed E-state index contributed by atoms with van der Waals surface area (Å²) in [5.74, 6) is -0.189. The van der Waals surface area contributed by atoms with Crippen molar-refractivity contribution in [2.45, 2.75) is 46.3 Å². The Bertz CT molecular complexity index is 857. The fraction of sp³-hybridized carbons (Fsp3) is 0.389. The van der Waals surface area contributed by atoms with Crippen molar-refractivity contribution in [3.8, 4) is 5.75 Å². The molecule has 8 heteroatoms. The van der Waals surface area contributed by atoms with Gasteiger partial charge in [-0.1, -0.05) is 39.0 Å². The summed E-state index contributed by atoms with van der Waals surface area (Å²) < 4.78 is 29.3. The Morgan fingerprint density at radius 2 is 1.96 bits per heavy atom. The van der Waals surface area contributed by atoms with E-state index < -0.39 is 18.1 Å². The van der Waals surface area contributed by atoms with Gasteiger partial charge in [-0.2, -0.15) is 8.78 Å². The van der Waals surface area contributed by atoms with Crippen LogP contribution in [0.15, 0.2) is 29.1 Å². The number of hydrogen-bond acceptors (Lipinski definition) is 4. The number of aromatic nitrogens is 2. The second-order valence-corrected chi connectivity index (χ2v) is 6.79. The highest BCUT2D eigenvalue weighted by atomic mass is 19.3. The Kier molecular flexibility index (Phi) is 5.74. The number of halogens is 2. The zero-order chi connectivity index (χ0) is 19.5. The Morgan fingerprint density at radius 3 is 2.54 bits per heavy atom. The molecule has 2 N–H and O–H groups in total. The average molecular weight is 365 g/mol. The number of amides is 1. The van der Waals surface area contributed by atoms with Crippen molar-refractivity contribution in [2.75, 3.05) is 0 Å². The summed E-state index contributed by atoms with van der Waals surface area (Å²) in [5, 5.41) is 2.54. The molecule has 0 spiro atoms. The first kappa shape index (κ1) is 19.6. The third-order valence-corrected chi connectivity index (χ3v) is 3.67. The molecule has 0 aliphatic heterocycles. The predicted molar refractivity (Wildman–Crippen MR) is 92.5 cm³/mol. The van der Waals surface area contributed by atoms with E-state index in [2.05, 4.69) is 20.0 Å². The molecule has 0 fully saturated rings. The quantitative estimate of drug-likeness (QED) is 0.853. The molecule has 0 bridgehead atoms. The Labute approximate surface area is 149 Å². The van der Waals surface area contributed by atoms with E-state index in [-0.39, 0.29) is 23.3 Å². The minimum Gasteiger partial charge on any atom is -0.434 e. The lowest BCUT2D eigenvalue weighted by atomic mass is 9.95. The summed E-state index contributed by atoms with van der Waals surface area (Å²) >= 11 is 0. The smallest absolute Gasteiger partial charge is 0.387 e. The van der Waals surface area contributed by atoms with E-state index in [4.69, 9.17) is 0 Å². The summed E-state index contributed by atoms with van der Waals surface area (Å²) in [7, 11) is 0. The zero-order valence-corrected chi connectivity index (χ0v) is 15.0. The highest BCUT2D eigenvalue weighted by molar-refractivity contribution is 5.94. The van der Waals surface area contributed by atoms with Crippen LogP contribution in [-0.2, 0) is 12.0 Å². The number of H-pyrrole nitrogens is 1. The molecule has 1 heterocycles. The molecule has 0 aliphatic rings. The van der Waals surface area contributed by atoms with Gasteiger partial charge >= 0.3 is 6.61 Å². The number of carbonyl (C=O) groups is 1. The molecule has 0 aliphatic carbocycles. The molecule has 0 saturated heterocycles.